The van der Waals surface area contributed by atoms with Gasteiger partial charge in [-0.2, -0.15) is 5.26 Å². The fraction of sp³-hybridized carbons (Fsp3) is 0. The topological polar surface area (TPSA) is 59.4 Å². The molecule has 0 fully saturated rings. The maximum atomic E-state index is 9.85. The van der Waals surface area contributed by atoms with Crippen molar-refractivity contribution in [2.75, 3.05) is 0 Å². The van der Waals surface area contributed by atoms with Crippen LogP contribution in [-0.2, 0) is 0 Å². The van der Waals surface area contributed by atoms with Gasteiger partial charge in [0.05, 0.1) is 34.9 Å². The van der Waals surface area contributed by atoms with Gasteiger partial charge in [-0.25, -0.2) is 4.85 Å². The number of benzene rings is 6. The SMILES string of the molecule is [C-]#[N+]c1ccc2oc3c(ccc4c5cc(-c6ccc(C#N)cc6-n6c7ccccc7c7ccccc76)ccc5oc43)c2c1. The van der Waals surface area contributed by atoms with E-state index in [0.717, 1.165) is 60.6 Å². The third-order valence-electron chi connectivity index (χ3n) is 8.45. The minimum Gasteiger partial charge on any atom is -0.452 e. The molecule has 5 heteroatoms. The van der Waals surface area contributed by atoms with Gasteiger partial charge in [-0.15, -0.1) is 0 Å². The Morgan fingerprint density at radius 3 is 1.88 bits per heavy atom. The Hall–Kier alpha value is -6.30. The van der Waals surface area contributed by atoms with Crippen molar-refractivity contribution in [1.82, 2.24) is 4.57 Å². The summed E-state index contributed by atoms with van der Waals surface area (Å²) in [6, 6.07) is 40.8. The highest BCUT2D eigenvalue weighted by molar-refractivity contribution is 6.19. The molecule has 0 saturated heterocycles. The molecule has 0 N–H and O–H groups in total. The minimum absolute atomic E-state index is 0.575. The summed E-state index contributed by atoms with van der Waals surface area (Å²) in [6.07, 6.45) is 0. The monoisotopic (exact) mass is 549 g/mol. The molecule has 0 radical (unpaired) electrons. The Labute approximate surface area is 244 Å². The van der Waals surface area contributed by atoms with Crippen LogP contribution < -0.4 is 0 Å². The number of para-hydroxylation sites is 2. The van der Waals surface area contributed by atoms with E-state index in [9.17, 15) is 5.26 Å². The van der Waals surface area contributed by atoms with Gasteiger partial charge in [0.25, 0.3) is 0 Å². The van der Waals surface area contributed by atoms with Crippen LogP contribution in [0, 0.1) is 17.9 Å². The fourth-order valence-corrected chi connectivity index (χ4v) is 6.51. The molecular weight excluding hydrogens is 530 g/mol. The highest BCUT2D eigenvalue weighted by Gasteiger charge is 2.19. The van der Waals surface area contributed by atoms with E-state index >= 15 is 0 Å². The molecule has 0 saturated carbocycles. The highest BCUT2D eigenvalue weighted by Crippen LogP contribution is 2.42. The van der Waals surface area contributed by atoms with Crippen LogP contribution in [0.25, 0.3) is 87.3 Å². The summed E-state index contributed by atoms with van der Waals surface area (Å²) in [5.41, 5.74) is 9.18. The number of hydrogen-bond donors (Lipinski definition) is 0. The predicted octanol–water partition coefficient (Wildman–Crippen LogP) is 10.7. The number of fused-ring (bicyclic) bond motifs is 10. The van der Waals surface area contributed by atoms with Crippen molar-refractivity contribution < 1.29 is 8.83 Å². The predicted molar refractivity (Wildman–Crippen MR) is 172 cm³/mol. The molecule has 3 heterocycles. The van der Waals surface area contributed by atoms with Crippen LogP contribution in [0.5, 0.6) is 0 Å². The summed E-state index contributed by atoms with van der Waals surface area (Å²) in [6.45, 7) is 7.40. The first-order valence-corrected chi connectivity index (χ1v) is 13.9. The second kappa shape index (κ2) is 8.60. The molecule has 0 aliphatic carbocycles. The van der Waals surface area contributed by atoms with Crippen LogP contribution in [0.1, 0.15) is 5.56 Å². The van der Waals surface area contributed by atoms with Gasteiger partial charge >= 0.3 is 0 Å². The van der Waals surface area contributed by atoms with E-state index in [1.165, 1.54) is 10.8 Å². The average molecular weight is 550 g/mol. The standard InChI is InChI=1S/C38H19N3O2/c1-40-24-12-17-36-31(20-24)29-15-14-28-30-19-23(11-16-35(30)42-37(28)38(29)43-36)25-13-10-22(21-39)18-34(25)41-32-8-4-2-6-26(32)27-7-3-5-9-33(27)41/h2-20H. The lowest BCUT2D eigenvalue weighted by molar-refractivity contribution is 0.633. The summed E-state index contributed by atoms with van der Waals surface area (Å²) < 4.78 is 14.9. The molecule has 0 amide bonds. The van der Waals surface area contributed by atoms with Crippen LogP contribution in [0.15, 0.2) is 124 Å². The molecule has 198 valence electrons. The van der Waals surface area contributed by atoms with E-state index < -0.39 is 0 Å². The molecule has 6 aromatic carbocycles. The van der Waals surface area contributed by atoms with Gasteiger partial charge in [-0.05, 0) is 66.2 Å². The van der Waals surface area contributed by atoms with Crippen LogP contribution >= 0.6 is 0 Å². The first-order chi connectivity index (χ1) is 21.2. The normalized spacial score (nSPS) is 11.7. The molecule has 5 nitrogen and oxygen atoms in total. The van der Waals surface area contributed by atoms with E-state index in [1.54, 1.807) is 6.07 Å². The molecule has 0 unspecified atom stereocenters. The maximum Gasteiger partial charge on any atom is 0.188 e. The van der Waals surface area contributed by atoms with Crippen LogP contribution in [0.4, 0.5) is 5.69 Å². The van der Waals surface area contributed by atoms with Crippen molar-refractivity contribution in [3.05, 3.63) is 132 Å². The minimum atomic E-state index is 0.575. The summed E-state index contributed by atoms with van der Waals surface area (Å²) in [5, 5.41) is 16.0. The zero-order valence-electron chi connectivity index (χ0n) is 22.6. The lowest BCUT2D eigenvalue weighted by atomic mass is 9.99. The first-order valence-electron chi connectivity index (χ1n) is 13.9. The lowest BCUT2D eigenvalue weighted by Gasteiger charge is -2.15. The molecule has 0 spiro atoms. The number of aromatic nitrogens is 1. The zero-order valence-corrected chi connectivity index (χ0v) is 22.6. The van der Waals surface area contributed by atoms with Gasteiger partial charge in [-0.1, -0.05) is 54.6 Å². The van der Waals surface area contributed by atoms with Crippen LogP contribution in [0.2, 0.25) is 0 Å². The van der Waals surface area contributed by atoms with Crippen molar-refractivity contribution in [3.63, 3.8) is 0 Å². The first kappa shape index (κ1) is 23.4. The molecule has 0 bridgehead atoms. The zero-order chi connectivity index (χ0) is 28.7. The fourth-order valence-electron chi connectivity index (χ4n) is 6.51. The molecule has 9 rings (SSSR count). The van der Waals surface area contributed by atoms with Crippen LogP contribution in [-0.4, -0.2) is 4.57 Å². The number of nitrogens with zero attached hydrogens (tertiary/aromatic N) is 3. The number of hydrogen-bond acceptors (Lipinski definition) is 3. The third-order valence-corrected chi connectivity index (χ3v) is 8.45. The molecule has 0 aliphatic heterocycles. The molecule has 9 aromatic rings. The second-order valence-corrected chi connectivity index (χ2v) is 10.7. The van der Waals surface area contributed by atoms with Crippen molar-refractivity contribution in [1.29, 1.82) is 5.26 Å². The molecule has 3 aromatic heterocycles. The van der Waals surface area contributed by atoms with Crippen molar-refractivity contribution in [3.8, 4) is 22.9 Å². The van der Waals surface area contributed by atoms with Gasteiger partial charge in [0.1, 0.15) is 11.2 Å². The van der Waals surface area contributed by atoms with Gasteiger partial charge in [-0.3, -0.25) is 0 Å². The Kier molecular flexibility index (Phi) is 4.68. The summed E-state index contributed by atoms with van der Waals surface area (Å²) in [5.74, 6) is 0. The van der Waals surface area contributed by atoms with Crippen LogP contribution in [0.3, 0.4) is 0 Å². The smallest absolute Gasteiger partial charge is 0.188 e. The van der Waals surface area contributed by atoms with E-state index in [2.05, 4.69) is 82.2 Å². The van der Waals surface area contributed by atoms with Gasteiger partial charge in [0.15, 0.2) is 16.9 Å². The Morgan fingerprint density at radius 2 is 1.23 bits per heavy atom. The summed E-state index contributed by atoms with van der Waals surface area (Å²) in [4.78, 5) is 3.58. The lowest BCUT2D eigenvalue weighted by Crippen LogP contribution is -1.98. The Morgan fingerprint density at radius 1 is 0.605 bits per heavy atom. The average Bonchev–Trinajstić information content (AvgIpc) is 3.73. The molecule has 43 heavy (non-hydrogen) atoms. The Bertz CT molecular complexity index is 2650. The molecule has 0 aliphatic rings. The summed E-state index contributed by atoms with van der Waals surface area (Å²) >= 11 is 0. The number of nitriles is 1. The van der Waals surface area contributed by atoms with Gasteiger partial charge in [0, 0.05) is 37.9 Å². The van der Waals surface area contributed by atoms with Gasteiger partial charge in [0.2, 0.25) is 0 Å². The van der Waals surface area contributed by atoms with E-state index in [1.807, 2.05) is 42.5 Å². The second-order valence-electron chi connectivity index (χ2n) is 10.7. The quantitative estimate of drug-likeness (QED) is 0.202. The van der Waals surface area contributed by atoms with Gasteiger partial charge < -0.3 is 13.4 Å². The largest absolute Gasteiger partial charge is 0.452 e. The van der Waals surface area contributed by atoms with Crippen molar-refractivity contribution in [2.45, 2.75) is 0 Å². The van der Waals surface area contributed by atoms with E-state index in [4.69, 9.17) is 15.4 Å². The maximum absolute atomic E-state index is 9.85. The van der Waals surface area contributed by atoms with Crippen molar-refractivity contribution in [2.24, 2.45) is 0 Å². The summed E-state index contributed by atoms with van der Waals surface area (Å²) in [7, 11) is 0. The van der Waals surface area contributed by atoms with E-state index in [-0.39, 0.29) is 0 Å². The van der Waals surface area contributed by atoms with Crippen molar-refractivity contribution >= 4 is 71.4 Å². The third kappa shape index (κ3) is 3.25. The number of rotatable bonds is 2. The highest BCUT2D eigenvalue weighted by atomic mass is 16.4. The van der Waals surface area contributed by atoms with E-state index in [0.29, 0.717) is 22.4 Å². The Balaban J connectivity index is 1.31. The molecular formula is C38H19N3O2. The molecule has 0 atom stereocenters. The number of furan rings is 2.